The molecule has 0 amide bonds. The molecule has 1 aromatic heterocycles. The quantitative estimate of drug-likeness (QED) is 0.498. The molecule has 3 aromatic rings. The van der Waals surface area contributed by atoms with Crippen LogP contribution in [-0.4, -0.2) is 49.7 Å². The molecule has 0 bridgehead atoms. The van der Waals surface area contributed by atoms with E-state index in [1.54, 1.807) is 24.3 Å². The Morgan fingerprint density at radius 1 is 1.07 bits per heavy atom. The van der Waals surface area contributed by atoms with Gasteiger partial charge in [0.2, 0.25) is 10.0 Å². The molecule has 0 unspecified atom stereocenters. The maximum absolute atomic E-state index is 12.8. The Kier molecular flexibility index (Phi) is 4.78. The van der Waals surface area contributed by atoms with Crippen LogP contribution in [0.25, 0.3) is 33.2 Å². The predicted molar refractivity (Wildman–Crippen MR) is 110 cm³/mol. The monoisotopic (exact) mass is 398 g/mol. The molecule has 1 aliphatic carbocycles. The number of H-pyrrole nitrogens is 1. The fourth-order valence-corrected chi connectivity index (χ4v) is 4.77. The smallest absolute Gasteiger partial charge is 0.272 e. The van der Waals surface area contributed by atoms with Crippen molar-refractivity contribution < 1.29 is 8.42 Å². The molecule has 0 radical (unpaired) electrons. The van der Waals surface area contributed by atoms with Crippen LogP contribution < -0.4 is 10.3 Å². The van der Waals surface area contributed by atoms with Gasteiger partial charge in [0, 0.05) is 24.0 Å². The van der Waals surface area contributed by atoms with Gasteiger partial charge in [-0.1, -0.05) is 32.0 Å². The maximum atomic E-state index is 12.8. The number of aromatic nitrogens is 2. The summed E-state index contributed by atoms with van der Waals surface area (Å²) in [5.41, 5.74) is 2.86. The van der Waals surface area contributed by atoms with Gasteiger partial charge in [0.05, 0.1) is 16.0 Å². The normalized spacial score (nSPS) is 12.7. The van der Waals surface area contributed by atoms with Crippen LogP contribution in [0.3, 0.4) is 0 Å². The average Bonchev–Trinajstić information content (AvgIpc) is 3.02. The van der Waals surface area contributed by atoms with E-state index < -0.39 is 10.0 Å². The lowest BCUT2D eigenvalue weighted by Crippen LogP contribution is -2.34. The summed E-state index contributed by atoms with van der Waals surface area (Å²) in [5, 5.41) is 8.02. The third-order valence-corrected chi connectivity index (χ3v) is 6.74. The highest BCUT2D eigenvalue weighted by molar-refractivity contribution is 7.89. The van der Waals surface area contributed by atoms with Gasteiger partial charge in [-0.2, -0.15) is 5.10 Å². The Balaban J connectivity index is 1.69. The Morgan fingerprint density at radius 2 is 1.86 bits per heavy atom. The van der Waals surface area contributed by atoms with Gasteiger partial charge >= 0.3 is 0 Å². The highest BCUT2D eigenvalue weighted by Crippen LogP contribution is 2.45. The molecule has 0 saturated heterocycles. The fourth-order valence-electron chi connectivity index (χ4n) is 3.72. The van der Waals surface area contributed by atoms with E-state index in [2.05, 4.69) is 19.8 Å². The zero-order valence-electron chi connectivity index (χ0n) is 15.8. The molecule has 4 rings (SSSR count). The standard InChI is InChI=1S/C20H22N4O3S/c1-3-24(4-2)11-10-21-28(26,27)13-8-9-14-15-6-5-7-16-18(15)19(17(14)12-13)22-23-20(16)25/h5-9,12,21H,3-4,10-11H2,1-2H3,(H,23,25). The van der Waals surface area contributed by atoms with Crippen molar-refractivity contribution in [2.45, 2.75) is 18.7 Å². The highest BCUT2D eigenvalue weighted by atomic mass is 32.2. The van der Waals surface area contributed by atoms with E-state index in [0.29, 0.717) is 29.7 Å². The molecule has 1 heterocycles. The van der Waals surface area contributed by atoms with Gasteiger partial charge in [0.25, 0.3) is 5.56 Å². The van der Waals surface area contributed by atoms with E-state index >= 15 is 0 Å². The lowest BCUT2D eigenvalue weighted by molar-refractivity contribution is 0.309. The Hall–Kier alpha value is -2.55. The molecule has 0 saturated carbocycles. The SMILES string of the molecule is CCN(CC)CCNS(=O)(=O)c1ccc2c(c1)-c1n[nH]c(=O)c3cccc-2c13. The number of nitrogens with zero attached hydrogens (tertiary/aromatic N) is 2. The predicted octanol–water partition coefficient (Wildman–Crippen LogP) is 2.19. The number of fused-ring (bicyclic) bond motifs is 3. The average molecular weight is 398 g/mol. The van der Waals surface area contributed by atoms with Crippen molar-refractivity contribution in [2.24, 2.45) is 0 Å². The first kappa shape index (κ1) is 18.8. The molecule has 2 aromatic carbocycles. The number of benzene rings is 2. The van der Waals surface area contributed by atoms with Crippen LogP contribution in [-0.2, 0) is 10.0 Å². The number of nitrogens with one attached hydrogen (secondary N) is 2. The number of hydrogen-bond acceptors (Lipinski definition) is 5. The van der Waals surface area contributed by atoms with Crippen molar-refractivity contribution in [1.82, 2.24) is 19.8 Å². The molecule has 146 valence electrons. The van der Waals surface area contributed by atoms with Crippen molar-refractivity contribution in [3.05, 3.63) is 46.8 Å². The minimum atomic E-state index is -3.63. The number of rotatable bonds is 7. The summed E-state index contributed by atoms with van der Waals surface area (Å²) in [6.45, 7) is 6.86. The molecule has 0 fully saturated rings. The summed E-state index contributed by atoms with van der Waals surface area (Å²) in [6, 6.07) is 10.5. The van der Waals surface area contributed by atoms with Gasteiger partial charge in [-0.3, -0.25) is 4.79 Å². The first-order valence-electron chi connectivity index (χ1n) is 9.34. The van der Waals surface area contributed by atoms with Crippen molar-refractivity contribution in [1.29, 1.82) is 0 Å². The Bertz CT molecular complexity index is 1210. The molecule has 1 aliphatic rings. The number of likely N-dealkylation sites (N-methyl/N-ethyl adjacent to an activating group) is 1. The van der Waals surface area contributed by atoms with Crippen LogP contribution in [0.4, 0.5) is 0 Å². The van der Waals surface area contributed by atoms with Crippen LogP contribution in [0.1, 0.15) is 13.8 Å². The summed E-state index contributed by atoms with van der Waals surface area (Å²) >= 11 is 0. The molecule has 7 nitrogen and oxygen atoms in total. The minimum Gasteiger partial charge on any atom is -0.303 e. The zero-order valence-corrected chi connectivity index (χ0v) is 16.6. The summed E-state index contributed by atoms with van der Waals surface area (Å²) in [4.78, 5) is 14.4. The topological polar surface area (TPSA) is 95.2 Å². The van der Waals surface area contributed by atoms with Crippen LogP contribution >= 0.6 is 0 Å². The highest BCUT2D eigenvalue weighted by Gasteiger charge is 2.26. The van der Waals surface area contributed by atoms with Crippen LogP contribution in [0, 0.1) is 0 Å². The minimum absolute atomic E-state index is 0.194. The van der Waals surface area contributed by atoms with E-state index in [9.17, 15) is 13.2 Å². The van der Waals surface area contributed by atoms with Gasteiger partial charge in [0.1, 0.15) is 0 Å². The summed E-state index contributed by atoms with van der Waals surface area (Å²) < 4.78 is 28.2. The lowest BCUT2D eigenvalue weighted by Gasteiger charge is -2.18. The van der Waals surface area contributed by atoms with Crippen molar-refractivity contribution in [3.8, 4) is 22.4 Å². The second kappa shape index (κ2) is 7.12. The molecule has 2 N–H and O–H groups in total. The Morgan fingerprint density at radius 3 is 2.61 bits per heavy atom. The summed E-state index contributed by atoms with van der Waals surface area (Å²) in [5.74, 6) is 0. The second-order valence-corrected chi connectivity index (χ2v) is 8.53. The lowest BCUT2D eigenvalue weighted by atomic mass is 10.0. The van der Waals surface area contributed by atoms with E-state index in [4.69, 9.17) is 0 Å². The largest absolute Gasteiger partial charge is 0.303 e. The molecular weight excluding hydrogens is 376 g/mol. The van der Waals surface area contributed by atoms with Crippen LogP contribution in [0.15, 0.2) is 46.1 Å². The zero-order chi connectivity index (χ0) is 19.9. The van der Waals surface area contributed by atoms with Crippen molar-refractivity contribution in [2.75, 3.05) is 26.2 Å². The number of aromatic amines is 1. The van der Waals surface area contributed by atoms with E-state index in [1.807, 2.05) is 26.0 Å². The van der Waals surface area contributed by atoms with Crippen molar-refractivity contribution in [3.63, 3.8) is 0 Å². The van der Waals surface area contributed by atoms with Gasteiger partial charge in [-0.15, -0.1) is 0 Å². The third-order valence-electron chi connectivity index (χ3n) is 5.28. The van der Waals surface area contributed by atoms with Crippen molar-refractivity contribution >= 4 is 20.8 Å². The first-order chi connectivity index (χ1) is 13.5. The van der Waals surface area contributed by atoms with E-state index in [-0.39, 0.29) is 10.5 Å². The maximum Gasteiger partial charge on any atom is 0.272 e. The third kappa shape index (κ3) is 3.03. The number of sulfonamides is 1. The summed E-state index contributed by atoms with van der Waals surface area (Å²) in [6.07, 6.45) is 0. The first-order valence-corrected chi connectivity index (χ1v) is 10.8. The molecule has 0 aliphatic heterocycles. The molecule has 0 atom stereocenters. The summed E-state index contributed by atoms with van der Waals surface area (Å²) in [7, 11) is -3.63. The Labute approximate surface area is 163 Å². The van der Waals surface area contributed by atoms with Gasteiger partial charge < -0.3 is 4.90 Å². The molecule has 28 heavy (non-hydrogen) atoms. The van der Waals surface area contributed by atoms with Gasteiger partial charge in [-0.05, 0) is 42.4 Å². The second-order valence-electron chi connectivity index (χ2n) is 6.76. The molecular formula is C20H22N4O3S. The molecule has 8 heteroatoms. The van der Waals surface area contributed by atoms with E-state index in [0.717, 1.165) is 29.6 Å². The fraction of sp³-hybridized carbons (Fsp3) is 0.300. The van der Waals surface area contributed by atoms with Gasteiger partial charge in [0.15, 0.2) is 0 Å². The van der Waals surface area contributed by atoms with Gasteiger partial charge in [-0.25, -0.2) is 18.2 Å². The molecule has 0 spiro atoms. The number of hydrogen-bond donors (Lipinski definition) is 2. The van der Waals surface area contributed by atoms with Crippen LogP contribution in [0.5, 0.6) is 0 Å². The van der Waals surface area contributed by atoms with E-state index in [1.165, 1.54) is 0 Å². The van der Waals surface area contributed by atoms with Crippen LogP contribution in [0.2, 0.25) is 0 Å².